The van der Waals surface area contributed by atoms with Gasteiger partial charge in [-0.3, -0.25) is 9.69 Å². The highest BCUT2D eigenvalue weighted by Crippen LogP contribution is 2.31. The smallest absolute Gasteiger partial charge is 0.313 e. The highest BCUT2D eigenvalue weighted by Gasteiger charge is 2.34. The molecule has 3 rings (SSSR count). The number of nitrogens with zero attached hydrogens (tertiary/aromatic N) is 3. The topological polar surface area (TPSA) is 78.3 Å². The standard InChI is InChI=1S/C11H16N4O2S2/c16-9(17)6-18-11-14-13-10(19-11)12-7-3-4-15(5-7)8-1-2-8/h7-8H,1-6H2,(H,12,13)(H,16,17). The van der Waals surface area contributed by atoms with E-state index in [1.807, 2.05) is 0 Å². The molecule has 1 unspecified atom stereocenters. The van der Waals surface area contributed by atoms with Gasteiger partial charge in [-0.05, 0) is 19.3 Å². The molecule has 19 heavy (non-hydrogen) atoms. The third-order valence-corrected chi connectivity index (χ3v) is 5.31. The third-order valence-electron chi connectivity index (χ3n) is 3.34. The first-order valence-corrected chi connectivity index (χ1v) is 8.19. The molecule has 104 valence electrons. The predicted octanol–water partition coefficient (Wildman–Crippen LogP) is 1.36. The number of aliphatic carboxylic acids is 1. The molecule has 2 heterocycles. The lowest BCUT2D eigenvalue weighted by Gasteiger charge is -2.14. The molecule has 6 nitrogen and oxygen atoms in total. The minimum Gasteiger partial charge on any atom is -0.481 e. The number of hydrogen-bond acceptors (Lipinski definition) is 7. The fraction of sp³-hybridized carbons (Fsp3) is 0.727. The molecule has 1 aliphatic carbocycles. The van der Waals surface area contributed by atoms with Crippen LogP contribution in [-0.4, -0.2) is 57.1 Å². The molecule has 1 atom stereocenters. The van der Waals surface area contributed by atoms with E-state index in [-0.39, 0.29) is 5.75 Å². The minimum absolute atomic E-state index is 0.0352. The van der Waals surface area contributed by atoms with Crippen LogP contribution in [0.1, 0.15) is 19.3 Å². The summed E-state index contributed by atoms with van der Waals surface area (Å²) < 4.78 is 0.710. The Morgan fingerprint density at radius 2 is 2.32 bits per heavy atom. The van der Waals surface area contributed by atoms with Crippen molar-refractivity contribution in [1.82, 2.24) is 15.1 Å². The Morgan fingerprint density at radius 3 is 3.05 bits per heavy atom. The number of hydrogen-bond donors (Lipinski definition) is 2. The molecule has 2 aliphatic rings. The SMILES string of the molecule is O=C(O)CSc1nnc(NC2CCN(C3CC3)C2)s1. The van der Waals surface area contributed by atoms with Gasteiger partial charge in [-0.15, -0.1) is 10.2 Å². The first-order valence-electron chi connectivity index (χ1n) is 6.39. The van der Waals surface area contributed by atoms with Crippen molar-refractivity contribution in [1.29, 1.82) is 0 Å². The fourth-order valence-corrected chi connectivity index (χ4v) is 3.85. The van der Waals surface area contributed by atoms with Crippen LogP contribution in [0.2, 0.25) is 0 Å². The molecule has 1 saturated heterocycles. The summed E-state index contributed by atoms with van der Waals surface area (Å²) in [5.41, 5.74) is 0. The number of thioether (sulfide) groups is 1. The number of anilines is 1. The average Bonchev–Trinajstić information content (AvgIpc) is 2.96. The maximum absolute atomic E-state index is 10.5. The predicted molar refractivity (Wildman–Crippen MR) is 74.9 cm³/mol. The first kappa shape index (κ1) is 13.1. The van der Waals surface area contributed by atoms with Gasteiger partial charge in [0.15, 0.2) is 4.34 Å². The quantitative estimate of drug-likeness (QED) is 0.768. The van der Waals surface area contributed by atoms with Crippen LogP contribution in [0.3, 0.4) is 0 Å². The van der Waals surface area contributed by atoms with Crippen LogP contribution in [0.4, 0.5) is 5.13 Å². The number of likely N-dealkylation sites (tertiary alicyclic amines) is 1. The Bertz CT molecular complexity index is 463. The zero-order valence-electron chi connectivity index (χ0n) is 10.4. The highest BCUT2D eigenvalue weighted by atomic mass is 32.2. The lowest BCUT2D eigenvalue weighted by Crippen LogP contribution is -2.27. The Labute approximate surface area is 119 Å². The van der Waals surface area contributed by atoms with Crippen LogP contribution in [0, 0.1) is 0 Å². The van der Waals surface area contributed by atoms with E-state index in [9.17, 15) is 4.79 Å². The number of nitrogens with one attached hydrogen (secondary N) is 1. The van der Waals surface area contributed by atoms with Crippen molar-refractivity contribution in [2.45, 2.75) is 35.7 Å². The molecule has 1 saturated carbocycles. The van der Waals surface area contributed by atoms with E-state index < -0.39 is 5.97 Å². The molecule has 0 aromatic carbocycles. The largest absolute Gasteiger partial charge is 0.481 e. The van der Waals surface area contributed by atoms with E-state index in [0.29, 0.717) is 10.4 Å². The summed E-state index contributed by atoms with van der Waals surface area (Å²) in [6, 6.07) is 1.27. The van der Waals surface area contributed by atoms with Crippen LogP contribution in [0.5, 0.6) is 0 Å². The van der Waals surface area contributed by atoms with Crippen molar-refractivity contribution in [3.8, 4) is 0 Å². The number of carboxylic acids is 1. The van der Waals surface area contributed by atoms with E-state index in [1.165, 1.54) is 42.5 Å². The number of carboxylic acid groups (broad SMARTS) is 1. The van der Waals surface area contributed by atoms with Gasteiger partial charge >= 0.3 is 5.97 Å². The highest BCUT2D eigenvalue weighted by molar-refractivity contribution is 8.01. The molecule has 2 fully saturated rings. The summed E-state index contributed by atoms with van der Waals surface area (Å²) in [5, 5.41) is 20.9. The van der Waals surface area contributed by atoms with Gasteiger partial charge in [0, 0.05) is 25.2 Å². The summed E-state index contributed by atoms with van der Waals surface area (Å²) in [6.07, 6.45) is 3.84. The van der Waals surface area contributed by atoms with Gasteiger partial charge in [-0.25, -0.2) is 0 Å². The van der Waals surface area contributed by atoms with Crippen molar-refractivity contribution in [2.24, 2.45) is 0 Å². The number of carbonyl (C=O) groups is 1. The molecule has 0 spiro atoms. The van der Waals surface area contributed by atoms with E-state index in [2.05, 4.69) is 20.4 Å². The number of aromatic nitrogens is 2. The van der Waals surface area contributed by atoms with Crippen LogP contribution in [0.25, 0.3) is 0 Å². The van der Waals surface area contributed by atoms with Crippen LogP contribution < -0.4 is 5.32 Å². The van der Waals surface area contributed by atoms with Gasteiger partial charge in [0.25, 0.3) is 0 Å². The van der Waals surface area contributed by atoms with Crippen LogP contribution in [0.15, 0.2) is 4.34 Å². The summed E-state index contributed by atoms with van der Waals surface area (Å²) in [4.78, 5) is 13.0. The fourth-order valence-electron chi connectivity index (χ4n) is 2.30. The third kappa shape index (κ3) is 3.58. The van der Waals surface area contributed by atoms with Crippen molar-refractivity contribution in [2.75, 3.05) is 24.2 Å². The lowest BCUT2D eigenvalue weighted by atomic mass is 10.3. The van der Waals surface area contributed by atoms with Crippen molar-refractivity contribution < 1.29 is 9.90 Å². The second kappa shape index (κ2) is 5.64. The monoisotopic (exact) mass is 300 g/mol. The summed E-state index contributed by atoms with van der Waals surface area (Å²) in [5.74, 6) is -0.793. The summed E-state index contributed by atoms with van der Waals surface area (Å²) in [7, 11) is 0. The minimum atomic E-state index is -0.828. The molecule has 0 bridgehead atoms. The van der Waals surface area contributed by atoms with E-state index in [0.717, 1.165) is 24.1 Å². The molecule has 8 heteroatoms. The van der Waals surface area contributed by atoms with Crippen LogP contribution >= 0.6 is 23.1 Å². The molecule has 0 amide bonds. The van der Waals surface area contributed by atoms with Crippen molar-refractivity contribution in [3.63, 3.8) is 0 Å². The molecule has 1 aromatic rings. The second-order valence-electron chi connectivity index (χ2n) is 4.91. The van der Waals surface area contributed by atoms with Gasteiger partial charge in [-0.2, -0.15) is 0 Å². The van der Waals surface area contributed by atoms with Gasteiger partial charge in [0.2, 0.25) is 5.13 Å². The Kier molecular flexibility index (Phi) is 3.90. The maximum Gasteiger partial charge on any atom is 0.313 e. The van der Waals surface area contributed by atoms with Gasteiger partial charge in [-0.1, -0.05) is 23.1 Å². The van der Waals surface area contributed by atoms with E-state index >= 15 is 0 Å². The number of rotatable bonds is 6. The molecular formula is C11H16N4O2S2. The van der Waals surface area contributed by atoms with E-state index in [4.69, 9.17) is 5.11 Å². The second-order valence-corrected chi connectivity index (χ2v) is 7.11. The van der Waals surface area contributed by atoms with Gasteiger partial charge < -0.3 is 10.4 Å². The van der Waals surface area contributed by atoms with Crippen molar-refractivity contribution in [3.05, 3.63) is 0 Å². The van der Waals surface area contributed by atoms with Crippen LogP contribution in [-0.2, 0) is 4.79 Å². The molecule has 1 aromatic heterocycles. The maximum atomic E-state index is 10.5. The normalized spacial score (nSPS) is 23.7. The average molecular weight is 300 g/mol. The Hall–Kier alpha value is -0.860. The Balaban J connectivity index is 1.48. The summed E-state index contributed by atoms with van der Waals surface area (Å²) in [6.45, 7) is 2.25. The zero-order chi connectivity index (χ0) is 13.2. The first-order chi connectivity index (χ1) is 9.20. The molecule has 2 N–H and O–H groups in total. The zero-order valence-corrected chi connectivity index (χ0v) is 12.0. The van der Waals surface area contributed by atoms with E-state index in [1.54, 1.807) is 0 Å². The van der Waals surface area contributed by atoms with Gasteiger partial charge in [0.1, 0.15) is 0 Å². The molecule has 0 radical (unpaired) electrons. The Morgan fingerprint density at radius 1 is 1.47 bits per heavy atom. The van der Waals surface area contributed by atoms with Crippen molar-refractivity contribution >= 4 is 34.2 Å². The summed E-state index contributed by atoms with van der Waals surface area (Å²) >= 11 is 2.65. The molecule has 1 aliphatic heterocycles. The lowest BCUT2D eigenvalue weighted by molar-refractivity contribution is -0.133. The van der Waals surface area contributed by atoms with Gasteiger partial charge in [0.05, 0.1) is 5.75 Å². The molecular weight excluding hydrogens is 284 g/mol.